The third-order valence-electron chi connectivity index (χ3n) is 3.18. The van der Waals surface area contributed by atoms with Crippen LogP contribution in [0, 0.1) is 5.82 Å². The summed E-state index contributed by atoms with van der Waals surface area (Å²) in [5.74, 6) is -1.45. The number of esters is 1. The lowest BCUT2D eigenvalue weighted by molar-refractivity contribution is -0.145. The first kappa shape index (κ1) is 17.8. The highest BCUT2D eigenvalue weighted by Gasteiger charge is 2.22. The molecule has 6 heteroatoms. The van der Waals surface area contributed by atoms with Gasteiger partial charge in [-0.15, -0.1) is 0 Å². The molecule has 1 rings (SSSR count). The third kappa shape index (κ3) is 6.03. The number of rotatable bonds is 8. The zero-order valence-electron chi connectivity index (χ0n) is 12.7. The van der Waals surface area contributed by atoms with Crippen molar-refractivity contribution in [1.29, 1.82) is 0 Å². The number of ketones is 1. The molecule has 1 aromatic rings. The van der Waals surface area contributed by atoms with Crippen molar-refractivity contribution < 1.29 is 23.5 Å². The second-order valence-corrected chi connectivity index (χ2v) is 4.88. The fraction of sp³-hybridized carbons (Fsp3) is 0.438. The van der Waals surface area contributed by atoms with Gasteiger partial charge in [-0.3, -0.25) is 9.59 Å². The predicted molar refractivity (Wildman–Crippen MR) is 78.6 cm³/mol. The van der Waals surface area contributed by atoms with E-state index in [-0.39, 0.29) is 25.0 Å². The highest BCUT2D eigenvalue weighted by Crippen LogP contribution is 2.06. The van der Waals surface area contributed by atoms with E-state index in [0.29, 0.717) is 12.0 Å². The summed E-state index contributed by atoms with van der Waals surface area (Å²) in [4.78, 5) is 34.9. The Morgan fingerprint density at radius 2 is 2.05 bits per heavy atom. The minimum absolute atomic E-state index is 0.00767. The Morgan fingerprint density at radius 3 is 2.64 bits per heavy atom. The SMILES string of the molecule is CCC(=O)CC[C@H](NC(=O)Cc1cccc(F)c1)C(=O)OC. The standard InChI is InChI=1S/C16H20FNO4/c1-3-13(19)7-8-14(16(21)22-2)18-15(20)10-11-5-4-6-12(17)9-11/h4-6,9,14H,3,7-8,10H2,1-2H3,(H,18,20)/t14-/m0/s1. The van der Waals surface area contributed by atoms with Crippen LogP contribution < -0.4 is 5.32 Å². The Labute approximate surface area is 128 Å². The summed E-state index contributed by atoms with van der Waals surface area (Å²) in [7, 11) is 1.22. The molecule has 0 spiro atoms. The van der Waals surface area contributed by atoms with Crippen LogP contribution >= 0.6 is 0 Å². The van der Waals surface area contributed by atoms with Crippen LogP contribution in [0.25, 0.3) is 0 Å². The molecular formula is C16H20FNO4. The average molecular weight is 309 g/mol. The Kier molecular flexibility index (Phi) is 7.22. The molecule has 22 heavy (non-hydrogen) atoms. The second-order valence-electron chi connectivity index (χ2n) is 4.88. The number of Topliss-reactive ketones (excluding diaryl/α,β-unsaturated/α-hetero) is 1. The normalized spacial score (nSPS) is 11.6. The third-order valence-corrected chi connectivity index (χ3v) is 3.18. The molecule has 0 aromatic heterocycles. The lowest BCUT2D eigenvalue weighted by Crippen LogP contribution is -2.42. The number of nitrogens with one attached hydrogen (secondary N) is 1. The van der Waals surface area contributed by atoms with Gasteiger partial charge in [-0.25, -0.2) is 9.18 Å². The van der Waals surface area contributed by atoms with Gasteiger partial charge in [0.1, 0.15) is 17.6 Å². The van der Waals surface area contributed by atoms with Crippen LogP contribution in [0.1, 0.15) is 31.7 Å². The summed E-state index contributed by atoms with van der Waals surface area (Å²) in [6.07, 6.45) is 0.711. The van der Waals surface area contributed by atoms with E-state index >= 15 is 0 Å². The zero-order chi connectivity index (χ0) is 16.5. The minimum Gasteiger partial charge on any atom is -0.467 e. The highest BCUT2D eigenvalue weighted by atomic mass is 19.1. The summed E-state index contributed by atoms with van der Waals surface area (Å²) in [5, 5.41) is 2.53. The fourth-order valence-corrected chi connectivity index (χ4v) is 1.95. The van der Waals surface area contributed by atoms with E-state index in [0.717, 1.165) is 0 Å². The number of benzene rings is 1. The molecule has 0 aliphatic carbocycles. The first-order valence-corrected chi connectivity index (χ1v) is 7.09. The predicted octanol–water partition coefficient (Wildman–Crippen LogP) is 1.79. The summed E-state index contributed by atoms with van der Waals surface area (Å²) in [5.41, 5.74) is 0.505. The molecule has 1 aromatic carbocycles. The first-order chi connectivity index (χ1) is 10.5. The Balaban J connectivity index is 2.62. The number of ether oxygens (including phenoxy) is 1. The summed E-state index contributed by atoms with van der Waals surface area (Å²) >= 11 is 0. The molecule has 0 saturated carbocycles. The van der Waals surface area contributed by atoms with E-state index in [1.54, 1.807) is 13.0 Å². The second kappa shape index (κ2) is 8.92. The molecule has 0 aliphatic rings. The summed E-state index contributed by atoms with van der Waals surface area (Å²) < 4.78 is 17.7. The van der Waals surface area contributed by atoms with E-state index in [2.05, 4.69) is 10.1 Å². The molecule has 0 unspecified atom stereocenters. The molecule has 0 saturated heterocycles. The Bertz CT molecular complexity index is 545. The zero-order valence-corrected chi connectivity index (χ0v) is 12.7. The van der Waals surface area contributed by atoms with Gasteiger partial charge in [0.2, 0.25) is 5.91 Å². The van der Waals surface area contributed by atoms with E-state index in [1.807, 2.05) is 0 Å². The molecule has 120 valence electrons. The number of carbonyl (C=O) groups is 3. The van der Waals surface area contributed by atoms with Crippen molar-refractivity contribution in [3.05, 3.63) is 35.6 Å². The van der Waals surface area contributed by atoms with Gasteiger partial charge in [-0.2, -0.15) is 0 Å². The van der Waals surface area contributed by atoms with Crippen molar-refractivity contribution in [2.24, 2.45) is 0 Å². The minimum atomic E-state index is -0.874. The van der Waals surface area contributed by atoms with Crippen molar-refractivity contribution in [3.63, 3.8) is 0 Å². The van der Waals surface area contributed by atoms with Gasteiger partial charge >= 0.3 is 5.97 Å². The molecule has 0 aliphatic heterocycles. The molecule has 0 fully saturated rings. The van der Waals surface area contributed by atoms with Crippen LogP contribution in [0.3, 0.4) is 0 Å². The Hall–Kier alpha value is -2.24. The van der Waals surface area contributed by atoms with Crippen molar-refractivity contribution >= 4 is 17.7 Å². The molecule has 0 heterocycles. The summed E-state index contributed by atoms with van der Waals surface area (Å²) in [6, 6.07) is 4.80. The topological polar surface area (TPSA) is 72.5 Å². The molecule has 0 radical (unpaired) electrons. The van der Waals surface area contributed by atoms with Gasteiger partial charge in [0, 0.05) is 12.8 Å². The van der Waals surface area contributed by atoms with Crippen molar-refractivity contribution in [1.82, 2.24) is 5.32 Å². The smallest absolute Gasteiger partial charge is 0.328 e. The summed E-state index contributed by atoms with van der Waals surface area (Å²) in [6.45, 7) is 1.73. The number of carbonyl (C=O) groups excluding carboxylic acids is 3. The number of halogens is 1. The molecule has 1 atom stereocenters. The maximum absolute atomic E-state index is 13.1. The van der Waals surface area contributed by atoms with Gasteiger partial charge in [0.25, 0.3) is 0 Å². The quantitative estimate of drug-likeness (QED) is 0.743. The number of methoxy groups -OCH3 is 1. The van der Waals surface area contributed by atoms with Crippen LogP contribution in [-0.4, -0.2) is 30.8 Å². The monoisotopic (exact) mass is 309 g/mol. The maximum atomic E-state index is 13.1. The van der Waals surface area contributed by atoms with E-state index in [4.69, 9.17) is 0 Å². The van der Waals surface area contributed by atoms with E-state index in [9.17, 15) is 18.8 Å². The van der Waals surface area contributed by atoms with Crippen molar-refractivity contribution in [3.8, 4) is 0 Å². The number of hydrogen-bond acceptors (Lipinski definition) is 4. The molecule has 1 amide bonds. The molecule has 5 nitrogen and oxygen atoms in total. The van der Waals surface area contributed by atoms with Gasteiger partial charge in [0.15, 0.2) is 0 Å². The molecular weight excluding hydrogens is 289 g/mol. The van der Waals surface area contributed by atoms with Crippen molar-refractivity contribution in [2.45, 2.75) is 38.6 Å². The molecule has 0 bridgehead atoms. The van der Waals surface area contributed by atoms with Crippen LogP contribution in [0.5, 0.6) is 0 Å². The first-order valence-electron chi connectivity index (χ1n) is 7.09. The van der Waals surface area contributed by atoms with Crippen LogP contribution in [0.15, 0.2) is 24.3 Å². The highest BCUT2D eigenvalue weighted by molar-refractivity contribution is 5.86. The van der Waals surface area contributed by atoms with Gasteiger partial charge in [-0.05, 0) is 24.1 Å². The van der Waals surface area contributed by atoms with E-state index < -0.39 is 23.7 Å². The van der Waals surface area contributed by atoms with Gasteiger partial charge in [0.05, 0.1) is 13.5 Å². The van der Waals surface area contributed by atoms with Crippen LogP contribution in [0.4, 0.5) is 4.39 Å². The largest absolute Gasteiger partial charge is 0.467 e. The lowest BCUT2D eigenvalue weighted by Gasteiger charge is -2.16. The van der Waals surface area contributed by atoms with Gasteiger partial charge < -0.3 is 10.1 Å². The van der Waals surface area contributed by atoms with Gasteiger partial charge in [-0.1, -0.05) is 19.1 Å². The molecule has 1 N–H and O–H groups in total. The van der Waals surface area contributed by atoms with Crippen LogP contribution in [-0.2, 0) is 25.5 Å². The van der Waals surface area contributed by atoms with Crippen LogP contribution in [0.2, 0.25) is 0 Å². The average Bonchev–Trinajstić information content (AvgIpc) is 2.50. The number of amides is 1. The van der Waals surface area contributed by atoms with Crippen molar-refractivity contribution in [2.75, 3.05) is 7.11 Å². The Morgan fingerprint density at radius 1 is 1.32 bits per heavy atom. The lowest BCUT2D eigenvalue weighted by atomic mass is 10.1. The number of hydrogen-bond donors (Lipinski definition) is 1. The maximum Gasteiger partial charge on any atom is 0.328 e. The fourth-order valence-electron chi connectivity index (χ4n) is 1.95. The van der Waals surface area contributed by atoms with E-state index in [1.165, 1.54) is 25.3 Å².